The van der Waals surface area contributed by atoms with Crippen molar-refractivity contribution in [3.63, 3.8) is 0 Å². The van der Waals surface area contributed by atoms with Gasteiger partial charge in [-0.2, -0.15) is 13.2 Å². The van der Waals surface area contributed by atoms with Crippen molar-refractivity contribution in [2.75, 3.05) is 10.7 Å². The highest BCUT2D eigenvalue weighted by molar-refractivity contribution is 6.04. The Bertz CT molecular complexity index is 667. The second-order valence-corrected chi connectivity index (χ2v) is 3.81. The van der Waals surface area contributed by atoms with Gasteiger partial charge in [0, 0.05) is 7.05 Å². The van der Waals surface area contributed by atoms with E-state index in [1.165, 1.54) is 7.05 Å². The second kappa shape index (κ2) is 5.32. The van der Waals surface area contributed by atoms with Crippen LogP contribution in [0.1, 0.15) is 16.1 Å². The van der Waals surface area contributed by atoms with Gasteiger partial charge in [0.15, 0.2) is 5.69 Å². The molecule has 0 spiro atoms. The number of carbonyl (C=O) groups is 1. The fourth-order valence-corrected chi connectivity index (χ4v) is 1.44. The molecular weight excluding hydrogens is 293 g/mol. The van der Waals surface area contributed by atoms with E-state index in [1.807, 2.05) is 5.43 Å². The summed E-state index contributed by atoms with van der Waals surface area (Å²) in [6.07, 6.45) is -4.82. The Kier molecular flexibility index (Phi) is 3.71. The third kappa shape index (κ3) is 3.05. The van der Waals surface area contributed by atoms with E-state index < -0.39 is 23.3 Å². The molecule has 0 saturated carbocycles. The van der Waals surface area contributed by atoms with Gasteiger partial charge >= 0.3 is 6.18 Å². The summed E-state index contributed by atoms with van der Waals surface area (Å²) >= 11 is 0. The van der Waals surface area contributed by atoms with Crippen LogP contribution in [-0.4, -0.2) is 31.1 Å². The maximum absolute atomic E-state index is 12.9. The number of aromatic nitrogens is 5. The number of hydrogen-bond acceptors (Lipinski definition) is 7. The zero-order valence-electron chi connectivity index (χ0n) is 10.5. The Morgan fingerprint density at radius 3 is 2.62 bits per heavy atom. The molecule has 0 radical (unpaired) electrons. The van der Waals surface area contributed by atoms with E-state index in [9.17, 15) is 18.0 Å². The van der Waals surface area contributed by atoms with Crippen LogP contribution in [0.25, 0.3) is 0 Å². The first-order chi connectivity index (χ1) is 9.82. The quantitative estimate of drug-likeness (QED) is 0.545. The lowest BCUT2D eigenvalue weighted by Gasteiger charge is -2.12. The Morgan fingerprint density at radius 1 is 1.38 bits per heavy atom. The molecule has 2 aromatic rings. The summed E-state index contributed by atoms with van der Waals surface area (Å²) < 4.78 is 39.9. The largest absolute Gasteiger partial charge is 0.434 e. The van der Waals surface area contributed by atoms with Crippen molar-refractivity contribution in [3.05, 3.63) is 23.4 Å². The summed E-state index contributed by atoms with van der Waals surface area (Å²) in [5, 5.41) is 12.3. The van der Waals surface area contributed by atoms with Crippen molar-refractivity contribution in [2.24, 2.45) is 12.9 Å². The lowest BCUT2D eigenvalue weighted by Crippen LogP contribution is -2.23. The molecule has 0 saturated heterocycles. The first-order valence-electron chi connectivity index (χ1n) is 5.41. The third-order valence-corrected chi connectivity index (χ3v) is 2.40. The number of carbonyl (C=O) groups excluding carboxylic acids is 1. The van der Waals surface area contributed by atoms with Gasteiger partial charge in [-0.25, -0.2) is 15.5 Å². The molecular formula is C9H9F3N8O. The molecule has 112 valence electrons. The van der Waals surface area contributed by atoms with Crippen LogP contribution in [0, 0.1) is 0 Å². The number of rotatable bonds is 3. The first-order valence-corrected chi connectivity index (χ1v) is 5.41. The summed E-state index contributed by atoms with van der Waals surface area (Å²) in [7, 11) is 1.42. The molecule has 2 rings (SSSR count). The van der Waals surface area contributed by atoms with Crippen LogP contribution in [0.2, 0.25) is 0 Å². The highest BCUT2D eigenvalue weighted by Crippen LogP contribution is 2.31. The zero-order chi connectivity index (χ0) is 15.6. The molecule has 4 N–H and O–H groups in total. The van der Waals surface area contributed by atoms with Crippen molar-refractivity contribution in [3.8, 4) is 0 Å². The Hall–Kier alpha value is -2.76. The fourth-order valence-electron chi connectivity index (χ4n) is 1.44. The normalized spacial score (nSPS) is 11.3. The molecule has 0 aliphatic carbocycles. The first kappa shape index (κ1) is 14.6. The number of nitrogens with two attached hydrogens (primary N) is 1. The monoisotopic (exact) mass is 302 g/mol. The number of pyridine rings is 1. The van der Waals surface area contributed by atoms with Crippen LogP contribution in [-0.2, 0) is 13.2 Å². The van der Waals surface area contributed by atoms with Crippen LogP contribution >= 0.6 is 0 Å². The topological polar surface area (TPSA) is 124 Å². The number of hydrazine groups is 1. The number of aryl methyl sites for hydroxylation is 1. The fraction of sp³-hybridized carbons (Fsp3) is 0.222. The molecule has 2 aromatic heterocycles. The van der Waals surface area contributed by atoms with Crippen LogP contribution in [0.4, 0.5) is 24.9 Å². The van der Waals surface area contributed by atoms with Gasteiger partial charge in [-0.3, -0.25) is 10.1 Å². The standard InChI is InChI=1S/C9H9F3N8O/c1-20-8(17-18-19-20)15-7(21)4-2-3-5(16-13)14-6(4)9(10,11)12/h2-3H,13H2,1H3,(H,14,16)(H,15,17,19,21). The number of amides is 1. The van der Waals surface area contributed by atoms with Gasteiger partial charge < -0.3 is 5.43 Å². The number of nitrogens with one attached hydrogen (secondary N) is 2. The molecule has 0 atom stereocenters. The molecule has 1 amide bonds. The minimum atomic E-state index is -4.82. The van der Waals surface area contributed by atoms with Crippen LogP contribution in [0.3, 0.4) is 0 Å². The summed E-state index contributed by atoms with van der Waals surface area (Å²) in [5.41, 5.74) is -0.0652. The third-order valence-electron chi connectivity index (χ3n) is 2.40. The average molecular weight is 302 g/mol. The summed E-state index contributed by atoms with van der Waals surface area (Å²) in [6.45, 7) is 0. The van der Waals surface area contributed by atoms with Crippen LogP contribution < -0.4 is 16.6 Å². The predicted molar refractivity (Wildman–Crippen MR) is 63.8 cm³/mol. The molecule has 0 bridgehead atoms. The average Bonchev–Trinajstić information content (AvgIpc) is 2.82. The Morgan fingerprint density at radius 2 is 2.10 bits per heavy atom. The number of halogens is 3. The molecule has 0 aliphatic heterocycles. The van der Waals surface area contributed by atoms with Gasteiger partial charge in [0.25, 0.3) is 5.91 Å². The van der Waals surface area contributed by atoms with E-state index in [2.05, 4.69) is 25.8 Å². The maximum atomic E-state index is 12.9. The smallest absolute Gasteiger partial charge is 0.308 e. The van der Waals surface area contributed by atoms with Gasteiger partial charge in [-0.05, 0) is 22.6 Å². The number of tetrazole rings is 1. The minimum absolute atomic E-state index is 0.103. The molecule has 0 aliphatic rings. The SMILES string of the molecule is Cn1nnnc1NC(=O)c1ccc(NN)nc1C(F)(F)F. The molecule has 0 fully saturated rings. The Labute approximate surface area is 115 Å². The number of alkyl halides is 3. The predicted octanol–water partition coefficient (Wildman–Crippen LogP) is 0.162. The molecule has 9 nitrogen and oxygen atoms in total. The highest BCUT2D eigenvalue weighted by Gasteiger charge is 2.37. The van der Waals surface area contributed by atoms with Crippen molar-refractivity contribution < 1.29 is 18.0 Å². The van der Waals surface area contributed by atoms with Crippen molar-refractivity contribution in [1.29, 1.82) is 0 Å². The molecule has 0 unspecified atom stereocenters. The zero-order valence-corrected chi connectivity index (χ0v) is 10.5. The number of hydrogen-bond donors (Lipinski definition) is 3. The summed E-state index contributed by atoms with van der Waals surface area (Å²) in [4.78, 5) is 15.2. The van der Waals surface area contributed by atoms with Crippen molar-refractivity contribution in [1.82, 2.24) is 25.2 Å². The van der Waals surface area contributed by atoms with E-state index in [0.717, 1.165) is 16.8 Å². The summed E-state index contributed by atoms with van der Waals surface area (Å²) in [6, 6.07) is 2.09. The second-order valence-electron chi connectivity index (χ2n) is 3.81. The van der Waals surface area contributed by atoms with Crippen LogP contribution in [0.5, 0.6) is 0 Å². The van der Waals surface area contributed by atoms with E-state index in [4.69, 9.17) is 5.84 Å². The van der Waals surface area contributed by atoms with E-state index in [-0.39, 0.29) is 11.8 Å². The highest BCUT2D eigenvalue weighted by atomic mass is 19.4. The number of anilines is 2. The number of nitrogens with zero attached hydrogens (tertiary/aromatic N) is 5. The van der Waals surface area contributed by atoms with Crippen molar-refractivity contribution in [2.45, 2.75) is 6.18 Å². The van der Waals surface area contributed by atoms with Crippen molar-refractivity contribution >= 4 is 17.7 Å². The lowest BCUT2D eigenvalue weighted by atomic mass is 10.1. The van der Waals surface area contributed by atoms with E-state index in [1.54, 1.807) is 0 Å². The van der Waals surface area contributed by atoms with Gasteiger partial charge in [0.1, 0.15) is 5.82 Å². The molecule has 0 aromatic carbocycles. The minimum Gasteiger partial charge on any atom is -0.308 e. The molecule has 12 heteroatoms. The molecule has 21 heavy (non-hydrogen) atoms. The Balaban J connectivity index is 2.39. The lowest BCUT2D eigenvalue weighted by molar-refractivity contribution is -0.141. The van der Waals surface area contributed by atoms with Gasteiger partial charge in [-0.1, -0.05) is 5.10 Å². The van der Waals surface area contributed by atoms with Gasteiger partial charge in [-0.15, -0.1) is 0 Å². The van der Waals surface area contributed by atoms with E-state index >= 15 is 0 Å². The number of nitrogen functional groups attached to an aromatic ring is 1. The maximum Gasteiger partial charge on any atom is 0.434 e. The summed E-state index contributed by atoms with van der Waals surface area (Å²) in [5.74, 6) is 3.64. The van der Waals surface area contributed by atoms with Crippen LogP contribution in [0.15, 0.2) is 12.1 Å². The van der Waals surface area contributed by atoms with Gasteiger partial charge in [0.05, 0.1) is 5.56 Å². The van der Waals surface area contributed by atoms with Gasteiger partial charge in [0.2, 0.25) is 5.95 Å². The molecule has 2 heterocycles. The van der Waals surface area contributed by atoms with E-state index in [0.29, 0.717) is 0 Å².